The summed E-state index contributed by atoms with van der Waals surface area (Å²) in [5.41, 5.74) is 1.80. The lowest BCUT2D eigenvalue weighted by atomic mass is 9.95. The number of piperidine rings is 1. The van der Waals surface area contributed by atoms with Crippen LogP contribution < -0.4 is 0 Å². The van der Waals surface area contributed by atoms with Crippen LogP contribution in [-0.2, 0) is 11.3 Å². The topological polar surface area (TPSA) is 40.6 Å². The molecule has 1 aliphatic rings. The molecule has 0 saturated carbocycles. The van der Waals surface area contributed by atoms with Crippen LogP contribution in [0.25, 0.3) is 10.8 Å². The van der Waals surface area contributed by atoms with Gasteiger partial charge in [0.1, 0.15) is 0 Å². The molecule has 5 heteroatoms. The molecular formula is C25H25BrN2O2. The summed E-state index contributed by atoms with van der Waals surface area (Å²) in [6.07, 6.45) is 1.67. The molecule has 1 saturated heterocycles. The Labute approximate surface area is 185 Å². The molecule has 0 N–H and O–H groups in total. The maximum absolute atomic E-state index is 13.3. The van der Waals surface area contributed by atoms with E-state index >= 15 is 0 Å². The van der Waals surface area contributed by atoms with Crippen molar-refractivity contribution >= 4 is 38.5 Å². The Morgan fingerprint density at radius 3 is 2.57 bits per heavy atom. The van der Waals surface area contributed by atoms with Gasteiger partial charge in [0.25, 0.3) is 5.91 Å². The fraction of sp³-hybridized carbons (Fsp3) is 0.280. The quantitative estimate of drug-likeness (QED) is 0.537. The number of benzene rings is 3. The molecule has 3 aromatic carbocycles. The van der Waals surface area contributed by atoms with Gasteiger partial charge < -0.3 is 9.80 Å². The van der Waals surface area contributed by atoms with E-state index in [4.69, 9.17) is 0 Å². The highest BCUT2D eigenvalue weighted by atomic mass is 79.9. The van der Waals surface area contributed by atoms with Crippen LogP contribution in [0.1, 0.15) is 28.8 Å². The standard InChI is InChI=1S/C25H25BrN2O2/c1-27(16-18-11-13-21(26)14-12-18)24(29)20-8-5-15-28(17-20)25(30)23-10-4-7-19-6-2-3-9-22(19)23/h2-4,6-7,9-14,20H,5,8,15-17H2,1H3. The Kier molecular flexibility index (Phi) is 6.18. The van der Waals surface area contributed by atoms with Crippen LogP contribution in [0.4, 0.5) is 0 Å². The molecule has 2 amide bonds. The van der Waals surface area contributed by atoms with Crippen LogP contribution in [-0.4, -0.2) is 41.8 Å². The third-order valence-electron chi connectivity index (χ3n) is 5.79. The van der Waals surface area contributed by atoms with Crippen molar-refractivity contribution in [3.63, 3.8) is 0 Å². The number of rotatable bonds is 4. The summed E-state index contributed by atoms with van der Waals surface area (Å²) >= 11 is 3.44. The highest BCUT2D eigenvalue weighted by Gasteiger charge is 2.31. The minimum absolute atomic E-state index is 0.0138. The second-order valence-electron chi connectivity index (χ2n) is 7.94. The number of halogens is 1. The fourth-order valence-electron chi connectivity index (χ4n) is 4.20. The van der Waals surface area contributed by atoms with Gasteiger partial charge >= 0.3 is 0 Å². The second-order valence-corrected chi connectivity index (χ2v) is 8.85. The average molecular weight is 465 g/mol. The van der Waals surface area contributed by atoms with E-state index in [0.29, 0.717) is 25.2 Å². The molecule has 4 nitrogen and oxygen atoms in total. The van der Waals surface area contributed by atoms with E-state index in [1.54, 1.807) is 4.90 Å². The first-order valence-electron chi connectivity index (χ1n) is 10.3. The summed E-state index contributed by atoms with van der Waals surface area (Å²) in [6, 6.07) is 21.8. The van der Waals surface area contributed by atoms with Gasteiger partial charge in [0.05, 0.1) is 5.92 Å². The van der Waals surface area contributed by atoms with Crippen molar-refractivity contribution in [3.05, 3.63) is 82.3 Å². The maximum Gasteiger partial charge on any atom is 0.254 e. The molecule has 1 atom stereocenters. The molecule has 1 unspecified atom stereocenters. The second kappa shape index (κ2) is 9.00. The van der Waals surface area contributed by atoms with Crippen LogP contribution >= 0.6 is 15.9 Å². The van der Waals surface area contributed by atoms with E-state index in [1.165, 1.54) is 0 Å². The van der Waals surface area contributed by atoms with Crippen LogP contribution in [0.15, 0.2) is 71.2 Å². The first-order chi connectivity index (χ1) is 14.5. The van der Waals surface area contributed by atoms with Gasteiger partial charge in [-0.3, -0.25) is 9.59 Å². The lowest BCUT2D eigenvalue weighted by Gasteiger charge is -2.34. The summed E-state index contributed by atoms with van der Waals surface area (Å²) < 4.78 is 1.02. The fourth-order valence-corrected chi connectivity index (χ4v) is 4.46. The van der Waals surface area contributed by atoms with Gasteiger partial charge in [-0.2, -0.15) is 0 Å². The number of carbonyl (C=O) groups excluding carboxylic acids is 2. The predicted molar refractivity (Wildman–Crippen MR) is 123 cm³/mol. The number of hydrogen-bond donors (Lipinski definition) is 0. The molecule has 154 valence electrons. The molecule has 0 aliphatic carbocycles. The zero-order chi connectivity index (χ0) is 21.1. The number of amides is 2. The number of carbonyl (C=O) groups is 2. The number of fused-ring (bicyclic) bond motifs is 1. The van der Waals surface area contributed by atoms with Gasteiger partial charge in [-0.05, 0) is 47.4 Å². The summed E-state index contributed by atoms with van der Waals surface area (Å²) in [5, 5.41) is 2.02. The minimum Gasteiger partial charge on any atom is -0.341 e. The third kappa shape index (κ3) is 4.41. The van der Waals surface area contributed by atoms with Gasteiger partial charge in [-0.1, -0.05) is 64.5 Å². The lowest BCUT2D eigenvalue weighted by Crippen LogP contribution is -2.45. The predicted octanol–water partition coefficient (Wildman–Crippen LogP) is 5.11. The Morgan fingerprint density at radius 1 is 1.03 bits per heavy atom. The zero-order valence-electron chi connectivity index (χ0n) is 17.1. The first kappa shape index (κ1) is 20.6. The normalized spacial score (nSPS) is 16.5. The Morgan fingerprint density at radius 2 is 1.77 bits per heavy atom. The van der Waals surface area contributed by atoms with Gasteiger partial charge in [0.2, 0.25) is 5.91 Å². The number of nitrogens with zero attached hydrogens (tertiary/aromatic N) is 2. The molecular weight excluding hydrogens is 440 g/mol. The third-order valence-corrected chi connectivity index (χ3v) is 6.32. The van der Waals surface area contributed by atoms with E-state index < -0.39 is 0 Å². The van der Waals surface area contributed by atoms with E-state index in [1.807, 2.05) is 78.7 Å². The molecule has 0 radical (unpaired) electrons. The largest absolute Gasteiger partial charge is 0.341 e. The summed E-state index contributed by atoms with van der Waals surface area (Å²) in [5.74, 6) is -0.0358. The molecule has 1 fully saturated rings. The molecule has 1 heterocycles. The van der Waals surface area contributed by atoms with Gasteiger partial charge in [-0.15, -0.1) is 0 Å². The van der Waals surface area contributed by atoms with Crippen molar-refractivity contribution in [1.82, 2.24) is 9.80 Å². The highest BCUT2D eigenvalue weighted by Crippen LogP contribution is 2.25. The van der Waals surface area contributed by atoms with E-state index in [-0.39, 0.29) is 17.7 Å². The summed E-state index contributed by atoms with van der Waals surface area (Å²) in [4.78, 5) is 30.0. The van der Waals surface area contributed by atoms with Gasteiger partial charge in [0, 0.05) is 36.7 Å². The van der Waals surface area contributed by atoms with Crippen molar-refractivity contribution in [3.8, 4) is 0 Å². The Hall–Kier alpha value is -2.66. The van der Waals surface area contributed by atoms with Gasteiger partial charge in [0.15, 0.2) is 0 Å². The van der Waals surface area contributed by atoms with Crippen molar-refractivity contribution in [1.29, 1.82) is 0 Å². The molecule has 0 spiro atoms. The monoisotopic (exact) mass is 464 g/mol. The van der Waals surface area contributed by atoms with E-state index in [0.717, 1.165) is 33.7 Å². The summed E-state index contributed by atoms with van der Waals surface area (Å²) in [6.45, 7) is 1.74. The van der Waals surface area contributed by atoms with Crippen molar-refractivity contribution in [2.75, 3.05) is 20.1 Å². The molecule has 4 rings (SSSR count). The Bertz CT molecular complexity index is 1060. The first-order valence-corrected chi connectivity index (χ1v) is 11.1. The van der Waals surface area contributed by atoms with Crippen LogP contribution in [0.2, 0.25) is 0 Å². The average Bonchev–Trinajstić information content (AvgIpc) is 2.79. The SMILES string of the molecule is CN(Cc1ccc(Br)cc1)C(=O)C1CCCN(C(=O)c2cccc3ccccc23)C1. The smallest absolute Gasteiger partial charge is 0.254 e. The van der Waals surface area contributed by atoms with E-state index in [2.05, 4.69) is 15.9 Å². The van der Waals surface area contributed by atoms with Crippen molar-refractivity contribution in [2.45, 2.75) is 19.4 Å². The van der Waals surface area contributed by atoms with Gasteiger partial charge in [-0.25, -0.2) is 0 Å². The van der Waals surface area contributed by atoms with Crippen LogP contribution in [0.3, 0.4) is 0 Å². The molecule has 0 aromatic heterocycles. The van der Waals surface area contributed by atoms with Crippen LogP contribution in [0.5, 0.6) is 0 Å². The molecule has 30 heavy (non-hydrogen) atoms. The van der Waals surface area contributed by atoms with E-state index in [9.17, 15) is 9.59 Å². The maximum atomic E-state index is 13.3. The van der Waals surface area contributed by atoms with Crippen molar-refractivity contribution in [2.24, 2.45) is 5.92 Å². The van der Waals surface area contributed by atoms with Crippen molar-refractivity contribution < 1.29 is 9.59 Å². The molecule has 3 aromatic rings. The molecule has 1 aliphatic heterocycles. The zero-order valence-corrected chi connectivity index (χ0v) is 18.6. The number of likely N-dealkylation sites (tertiary alicyclic amines) is 1. The number of hydrogen-bond acceptors (Lipinski definition) is 2. The van der Waals surface area contributed by atoms with Crippen LogP contribution in [0, 0.1) is 5.92 Å². The minimum atomic E-state index is -0.155. The lowest BCUT2D eigenvalue weighted by molar-refractivity contribution is -0.136. The summed E-state index contributed by atoms with van der Waals surface area (Å²) in [7, 11) is 1.84. The highest BCUT2D eigenvalue weighted by molar-refractivity contribution is 9.10. The molecule has 0 bridgehead atoms. The Balaban J connectivity index is 1.46.